The van der Waals surface area contributed by atoms with Crippen LogP contribution in [0.25, 0.3) is 0 Å². The van der Waals surface area contributed by atoms with Crippen molar-refractivity contribution in [3.8, 4) is 0 Å². The maximum atomic E-state index is 11.6. The zero-order valence-electron chi connectivity index (χ0n) is 18.6. The van der Waals surface area contributed by atoms with E-state index in [9.17, 15) is 14.7 Å². The lowest BCUT2D eigenvalue weighted by Gasteiger charge is -2.29. The summed E-state index contributed by atoms with van der Waals surface area (Å²) in [5.74, 6) is -0.599. The molecule has 1 heterocycles. The van der Waals surface area contributed by atoms with Crippen molar-refractivity contribution < 1.29 is 33.6 Å². The molecule has 2 aliphatic rings. The highest BCUT2D eigenvalue weighted by Crippen LogP contribution is 2.40. The standard InChI is InChI=1S/C23H38O7/c1-16(2)28-22(26)11-7-5-4-6-10-18-19(15-24)21(14-20(18)29-17(3)25)30-23-12-8-9-13-27-23/h4,6,16,18-21,23-24H,5,7-15H2,1-3H3/b6-4-/t18-,19+,20+,21-,23?/m1/s1. The molecule has 30 heavy (non-hydrogen) atoms. The van der Waals surface area contributed by atoms with Gasteiger partial charge in [-0.3, -0.25) is 9.59 Å². The van der Waals surface area contributed by atoms with E-state index in [2.05, 4.69) is 6.08 Å². The Labute approximate surface area is 180 Å². The van der Waals surface area contributed by atoms with E-state index in [0.717, 1.165) is 32.1 Å². The highest BCUT2D eigenvalue weighted by Gasteiger charge is 2.45. The fraction of sp³-hybridized carbons (Fsp3) is 0.826. The van der Waals surface area contributed by atoms with Gasteiger partial charge in [0.1, 0.15) is 6.10 Å². The van der Waals surface area contributed by atoms with E-state index in [1.165, 1.54) is 6.92 Å². The van der Waals surface area contributed by atoms with Crippen LogP contribution < -0.4 is 0 Å². The summed E-state index contributed by atoms with van der Waals surface area (Å²) >= 11 is 0. The molecule has 0 amide bonds. The molecule has 0 aromatic carbocycles. The molecule has 0 spiro atoms. The summed E-state index contributed by atoms with van der Waals surface area (Å²) in [6.45, 7) is 5.78. The van der Waals surface area contributed by atoms with Gasteiger partial charge in [-0.15, -0.1) is 0 Å². The molecule has 1 saturated heterocycles. The molecule has 0 aromatic rings. The number of allylic oxidation sites excluding steroid dienone is 2. The molecule has 1 saturated carbocycles. The largest absolute Gasteiger partial charge is 0.463 e. The number of aliphatic hydroxyl groups is 1. The van der Waals surface area contributed by atoms with Crippen LogP contribution in [0.5, 0.6) is 0 Å². The van der Waals surface area contributed by atoms with Crippen LogP contribution in [0.15, 0.2) is 12.2 Å². The van der Waals surface area contributed by atoms with Crippen molar-refractivity contribution in [3.63, 3.8) is 0 Å². The van der Waals surface area contributed by atoms with Gasteiger partial charge in [0.15, 0.2) is 6.29 Å². The molecule has 1 aliphatic heterocycles. The average Bonchev–Trinajstić information content (AvgIpc) is 2.99. The molecule has 7 heteroatoms. The molecular formula is C23H38O7. The molecule has 1 N–H and O–H groups in total. The van der Waals surface area contributed by atoms with Gasteiger partial charge in [0.2, 0.25) is 0 Å². The van der Waals surface area contributed by atoms with Crippen LogP contribution in [0.1, 0.15) is 72.1 Å². The molecule has 2 rings (SSSR count). The monoisotopic (exact) mass is 426 g/mol. The minimum atomic E-state index is -0.316. The Kier molecular flexibility index (Phi) is 10.8. The topological polar surface area (TPSA) is 91.3 Å². The minimum Gasteiger partial charge on any atom is -0.463 e. The first-order chi connectivity index (χ1) is 14.4. The predicted molar refractivity (Wildman–Crippen MR) is 112 cm³/mol. The second kappa shape index (κ2) is 13.1. The van der Waals surface area contributed by atoms with Gasteiger partial charge in [0, 0.05) is 44.8 Å². The number of aliphatic hydroxyl groups excluding tert-OH is 1. The third kappa shape index (κ3) is 8.36. The fourth-order valence-electron chi connectivity index (χ4n) is 4.29. The molecule has 5 atom stereocenters. The third-order valence-electron chi connectivity index (χ3n) is 5.66. The highest BCUT2D eigenvalue weighted by molar-refractivity contribution is 5.69. The number of hydrogen-bond acceptors (Lipinski definition) is 7. The van der Waals surface area contributed by atoms with Gasteiger partial charge < -0.3 is 24.1 Å². The van der Waals surface area contributed by atoms with Gasteiger partial charge in [-0.2, -0.15) is 0 Å². The van der Waals surface area contributed by atoms with Gasteiger partial charge in [-0.05, 0) is 52.4 Å². The maximum Gasteiger partial charge on any atom is 0.306 e. The van der Waals surface area contributed by atoms with Gasteiger partial charge in [-0.1, -0.05) is 12.2 Å². The fourth-order valence-corrected chi connectivity index (χ4v) is 4.29. The number of rotatable bonds is 11. The van der Waals surface area contributed by atoms with Crippen molar-refractivity contribution in [2.45, 2.75) is 96.7 Å². The molecule has 7 nitrogen and oxygen atoms in total. The normalized spacial score (nSPS) is 29.4. The molecule has 0 bridgehead atoms. The molecule has 1 aliphatic carbocycles. The van der Waals surface area contributed by atoms with E-state index in [1.807, 2.05) is 19.9 Å². The van der Waals surface area contributed by atoms with Crippen molar-refractivity contribution in [3.05, 3.63) is 12.2 Å². The van der Waals surface area contributed by atoms with Gasteiger partial charge in [-0.25, -0.2) is 0 Å². The van der Waals surface area contributed by atoms with Crippen molar-refractivity contribution in [1.29, 1.82) is 0 Å². The van der Waals surface area contributed by atoms with Crippen LogP contribution in [0.3, 0.4) is 0 Å². The van der Waals surface area contributed by atoms with Crippen molar-refractivity contribution >= 4 is 11.9 Å². The van der Waals surface area contributed by atoms with E-state index in [0.29, 0.717) is 25.9 Å². The van der Waals surface area contributed by atoms with Crippen LogP contribution in [-0.2, 0) is 28.5 Å². The van der Waals surface area contributed by atoms with Crippen molar-refractivity contribution in [2.24, 2.45) is 11.8 Å². The lowest BCUT2D eigenvalue weighted by molar-refractivity contribution is -0.198. The first-order valence-electron chi connectivity index (χ1n) is 11.3. The summed E-state index contributed by atoms with van der Waals surface area (Å²) in [7, 11) is 0. The second-order valence-electron chi connectivity index (χ2n) is 8.50. The first-order valence-corrected chi connectivity index (χ1v) is 11.3. The molecule has 2 fully saturated rings. The average molecular weight is 427 g/mol. The summed E-state index contributed by atoms with van der Waals surface area (Å²) in [5.41, 5.74) is 0. The molecule has 0 radical (unpaired) electrons. The summed E-state index contributed by atoms with van der Waals surface area (Å²) in [5, 5.41) is 10.0. The van der Waals surface area contributed by atoms with Gasteiger partial charge >= 0.3 is 11.9 Å². The molecular weight excluding hydrogens is 388 g/mol. The lowest BCUT2D eigenvalue weighted by Crippen LogP contribution is -2.33. The molecule has 172 valence electrons. The van der Waals surface area contributed by atoms with E-state index in [4.69, 9.17) is 18.9 Å². The lowest BCUT2D eigenvalue weighted by atomic mass is 9.91. The first kappa shape index (κ1) is 24.8. The van der Waals surface area contributed by atoms with Gasteiger partial charge in [0.25, 0.3) is 0 Å². The summed E-state index contributed by atoms with van der Waals surface area (Å²) in [6.07, 6.45) is 9.45. The number of unbranched alkanes of at least 4 members (excludes halogenated alkanes) is 1. The smallest absolute Gasteiger partial charge is 0.306 e. The van der Waals surface area contributed by atoms with Crippen LogP contribution in [0.4, 0.5) is 0 Å². The minimum absolute atomic E-state index is 0.00496. The Hall–Kier alpha value is -1.44. The van der Waals surface area contributed by atoms with E-state index >= 15 is 0 Å². The van der Waals surface area contributed by atoms with E-state index < -0.39 is 0 Å². The Morgan fingerprint density at radius 1 is 1.17 bits per heavy atom. The SMILES string of the molecule is CC(=O)O[C@H]1C[C@@H](OC2CCCCO2)[C@@H](CO)[C@H]1C/C=C\CCCC(=O)OC(C)C. The Morgan fingerprint density at radius 3 is 2.60 bits per heavy atom. The van der Waals surface area contributed by atoms with Crippen molar-refractivity contribution in [2.75, 3.05) is 13.2 Å². The zero-order valence-corrected chi connectivity index (χ0v) is 18.6. The van der Waals surface area contributed by atoms with Crippen molar-refractivity contribution in [1.82, 2.24) is 0 Å². The summed E-state index contributed by atoms with van der Waals surface area (Å²) < 4.78 is 22.5. The number of ether oxygens (including phenoxy) is 4. The molecule has 0 aromatic heterocycles. The summed E-state index contributed by atoms with van der Waals surface area (Å²) in [6, 6.07) is 0. The van der Waals surface area contributed by atoms with Crippen LogP contribution in [0, 0.1) is 11.8 Å². The van der Waals surface area contributed by atoms with Crippen LogP contribution >= 0.6 is 0 Å². The highest BCUT2D eigenvalue weighted by atomic mass is 16.7. The number of hydrogen-bond donors (Lipinski definition) is 1. The number of esters is 2. The quantitative estimate of drug-likeness (QED) is 0.307. The zero-order chi connectivity index (χ0) is 21.9. The Morgan fingerprint density at radius 2 is 1.97 bits per heavy atom. The van der Waals surface area contributed by atoms with E-state index in [-0.39, 0.29) is 55.0 Å². The van der Waals surface area contributed by atoms with E-state index in [1.54, 1.807) is 0 Å². The molecule has 1 unspecified atom stereocenters. The summed E-state index contributed by atoms with van der Waals surface area (Å²) in [4.78, 5) is 23.2. The number of carbonyl (C=O) groups excluding carboxylic acids is 2. The Bertz CT molecular complexity index is 554. The van der Waals surface area contributed by atoms with Crippen LogP contribution in [0.2, 0.25) is 0 Å². The third-order valence-corrected chi connectivity index (χ3v) is 5.66. The predicted octanol–water partition coefficient (Wildman–Crippen LogP) is 3.53. The second-order valence-corrected chi connectivity index (χ2v) is 8.50. The van der Waals surface area contributed by atoms with Crippen LogP contribution in [-0.4, -0.2) is 54.9 Å². The number of carbonyl (C=O) groups is 2. The maximum absolute atomic E-state index is 11.6. The van der Waals surface area contributed by atoms with Gasteiger partial charge in [0.05, 0.1) is 12.2 Å². The Balaban J connectivity index is 1.86.